The fourth-order valence-electron chi connectivity index (χ4n) is 1.45. The lowest BCUT2D eigenvalue weighted by atomic mass is 10.0. The monoisotopic (exact) mass is 217 g/mol. The molecule has 1 amide bonds. The summed E-state index contributed by atoms with van der Waals surface area (Å²) in [6.07, 6.45) is 2.36. The van der Waals surface area contributed by atoms with Crippen LogP contribution in [0.2, 0.25) is 0 Å². The third kappa shape index (κ3) is 3.05. The zero-order valence-electron chi connectivity index (χ0n) is 9.54. The van der Waals surface area contributed by atoms with E-state index in [9.17, 15) is 9.59 Å². The maximum absolute atomic E-state index is 11.2. The predicted octanol–water partition coefficient (Wildman–Crippen LogP) is 2.58. The molecule has 1 N–H and O–H groups in total. The van der Waals surface area contributed by atoms with Crippen LogP contribution in [0.4, 0.5) is 5.69 Å². The van der Waals surface area contributed by atoms with E-state index in [1.807, 2.05) is 0 Å². The normalized spacial score (nSPS) is 9.62. The second-order valence-corrected chi connectivity index (χ2v) is 3.60. The molecule has 0 aromatic heterocycles. The highest BCUT2D eigenvalue weighted by molar-refractivity contribution is 5.96. The van der Waals surface area contributed by atoms with Crippen LogP contribution in [0.15, 0.2) is 30.9 Å². The SMILES string of the molecule is C=CCc1cc(C(C)=O)ccc1NC(C)=O. The average molecular weight is 217 g/mol. The van der Waals surface area contributed by atoms with Gasteiger partial charge in [0.25, 0.3) is 0 Å². The first-order valence-electron chi connectivity index (χ1n) is 5.07. The van der Waals surface area contributed by atoms with Gasteiger partial charge in [-0.25, -0.2) is 0 Å². The van der Waals surface area contributed by atoms with E-state index in [4.69, 9.17) is 0 Å². The number of hydrogen-bond donors (Lipinski definition) is 1. The molecule has 0 aliphatic rings. The molecule has 0 radical (unpaired) electrons. The fourth-order valence-corrected chi connectivity index (χ4v) is 1.45. The molecule has 3 nitrogen and oxygen atoms in total. The quantitative estimate of drug-likeness (QED) is 0.622. The van der Waals surface area contributed by atoms with E-state index < -0.39 is 0 Å². The Bertz CT molecular complexity index is 436. The summed E-state index contributed by atoms with van der Waals surface area (Å²) in [7, 11) is 0. The first-order valence-corrected chi connectivity index (χ1v) is 5.07. The summed E-state index contributed by atoms with van der Waals surface area (Å²) in [5.74, 6) is -0.111. The molecule has 0 aliphatic carbocycles. The van der Waals surface area contributed by atoms with Gasteiger partial charge in [0.05, 0.1) is 0 Å². The van der Waals surface area contributed by atoms with Crippen molar-refractivity contribution in [1.29, 1.82) is 0 Å². The minimum atomic E-state index is -0.124. The van der Waals surface area contributed by atoms with Crippen LogP contribution < -0.4 is 5.32 Å². The topological polar surface area (TPSA) is 46.2 Å². The number of allylic oxidation sites excluding steroid dienone is 1. The van der Waals surface area contributed by atoms with Crippen molar-refractivity contribution in [3.63, 3.8) is 0 Å². The Morgan fingerprint density at radius 3 is 2.56 bits per heavy atom. The second kappa shape index (κ2) is 5.26. The number of hydrogen-bond acceptors (Lipinski definition) is 2. The van der Waals surface area contributed by atoms with Gasteiger partial charge in [0.15, 0.2) is 5.78 Å². The number of amides is 1. The van der Waals surface area contributed by atoms with Crippen LogP contribution in [-0.2, 0) is 11.2 Å². The van der Waals surface area contributed by atoms with Gasteiger partial charge in [-0.15, -0.1) is 6.58 Å². The minimum absolute atomic E-state index is 0.0136. The van der Waals surface area contributed by atoms with Crippen molar-refractivity contribution < 1.29 is 9.59 Å². The summed E-state index contributed by atoms with van der Waals surface area (Å²) < 4.78 is 0. The Hall–Kier alpha value is -1.90. The third-order valence-electron chi connectivity index (χ3n) is 2.19. The van der Waals surface area contributed by atoms with Crippen molar-refractivity contribution in [2.75, 3.05) is 5.32 Å². The van der Waals surface area contributed by atoms with Gasteiger partial charge in [-0.2, -0.15) is 0 Å². The van der Waals surface area contributed by atoms with Crippen molar-refractivity contribution in [1.82, 2.24) is 0 Å². The highest BCUT2D eigenvalue weighted by atomic mass is 16.1. The van der Waals surface area contributed by atoms with Crippen molar-refractivity contribution in [2.45, 2.75) is 20.3 Å². The summed E-state index contributed by atoms with van der Waals surface area (Å²) in [4.78, 5) is 22.2. The molecule has 0 fully saturated rings. The number of Topliss-reactive ketones (excluding diaryl/α,β-unsaturated/α-hetero) is 1. The third-order valence-corrected chi connectivity index (χ3v) is 2.19. The van der Waals surface area contributed by atoms with E-state index >= 15 is 0 Å². The lowest BCUT2D eigenvalue weighted by Crippen LogP contribution is -2.08. The van der Waals surface area contributed by atoms with E-state index in [0.29, 0.717) is 12.0 Å². The number of benzene rings is 1. The molecule has 1 aromatic rings. The predicted molar refractivity (Wildman–Crippen MR) is 64.7 cm³/mol. The summed E-state index contributed by atoms with van der Waals surface area (Å²) in [5, 5.41) is 2.73. The van der Waals surface area contributed by atoms with Gasteiger partial charge in [0, 0.05) is 18.2 Å². The minimum Gasteiger partial charge on any atom is -0.326 e. The van der Waals surface area contributed by atoms with E-state index in [0.717, 1.165) is 11.3 Å². The van der Waals surface area contributed by atoms with Crippen molar-refractivity contribution in [3.05, 3.63) is 42.0 Å². The zero-order chi connectivity index (χ0) is 12.1. The van der Waals surface area contributed by atoms with E-state index in [1.165, 1.54) is 13.8 Å². The number of nitrogens with one attached hydrogen (secondary N) is 1. The van der Waals surface area contributed by atoms with Crippen LogP contribution in [0.1, 0.15) is 29.8 Å². The first-order chi connectivity index (χ1) is 7.54. The number of anilines is 1. The zero-order valence-corrected chi connectivity index (χ0v) is 9.54. The Kier molecular flexibility index (Phi) is 4.00. The lowest BCUT2D eigenvalue weighted by molar-refractivity contribution is -0.114. The first kappa shape index (κ1) is 12.2. The smallest absolute Gasteiger partial charge is 0.221 e. The largest absolute Gasteiger partial charge is 0.326 e. The van der Waals surface area contributed by atoms with Gasteiger partial charge in [-0.3, -0.25) is 9.59 Å². The van der Waals surface area contributed by atoms with E-state index in [2.05, 4.69) is 11.9 Å². The van der Waals surface area contributed by atoms with E-state index in [-0.39, 0.29) is 11.7 Å². The molecule has 0 bridgehead atoms. The standard InChI is InChI=1S/C13H15NO2/c1-4-5-12-8-11(9(2)15)6-7-13(12)14-10(3)16/h4,6-8H,1,5H2,2-3H3,(H,14,16). The molecule has 0 unspecified atom stereocenters. The van der Waals surface area contributed by atoms with Crippen LogP contribution in [-0.4, -0.2) is 11.7 Å². The van der Waals surface area contributed by atoms with Crippen LogP contribution in [0.5, 0.6) is 0 Å². The summed E-state index contributed by atoms with van der Waals surface area (Å²) in [5.41, 5.74) is 2.28. The van der Waals surface area contributed by atoms with Crippen molar-refractivity contribution in [3.8, 4) is 0 Å². The lowest BCUT2D eigenvalue weighted by Gasteiger charge is -2.09. The van der Waals surface area contributed by atoms with Crippen LogP contribution >= 0.6 is 0 Å². The summed E-state index contributed by atoms with van der Waals surface area (Å²) >= 11 is 0. The van der Waals surface area contributed by atoms with Gasteiger partial charge in [0.1, 0.15) is 0 Å². The molecule has 0 saturated carbocycles. The summed E-state index contributed by atoms with van der Waals surface area (Å²) in [6.45, 7) is 6.63. The van der Waals surface area contributed by atoms with Gasteiger partial charge in [0.2, 0.25) is 5.91 Å². The Labute approximate surface area is 95.2 Å². The van der Waals surface area contributed by atoms with Crippen LogP contribution in [0.3, 0.4) is 0 Å². The van der Waals surface area contributed by atoms with Crippen LogP contribution in [0, 0.1) is 0 Å². The summed E-state index contributed by atoms with van der Waals surface area (Å²) in [6, 6.07) is 5.24. The maximum Gasteiger partial charge on any atom is 0.221 e. The van der Waals surface area contributed by atoms with Crippen molar-refractivity contribution >= 4 is 17.4 Å². The molecular weight excluding hydrogens is 202 g/mol. The number of rotatable bonds is 4. The number of carbonyl (C=O) groups excluding carboxylic acids is 2. The van der Waals surface area contributed by atoms with Gasteiger partial charge in [-0.1, -0.05) is 6.08 Å². The highest BCUT2D eigenvalue weighted by Crippen LogP contribution is 2.19. The van der Waals surface area contributed by atoms with Gasteiger partial charge in [-0.05, 0) is 37.1 Å². The molecule has 1 rings (SSSR count). The maximum atomic E-state index is 11.2. The molecule has 84 valence electrons. The second-order valence-electron chi connectivity index (χ2n) is 3.60. The van der Waals surface area contributed by atoms with Crippen LogP contribution in [0.25, 0.3) is 0 Å². The Morgan fingerprint density at radius 1 is 1.38 bits per heavy atom. The number of carbonyl (C=O) groups is 2. The number of ketones is 1. The van der Waals surface area contributed by atoms with Crippen molar-refractivity contribution in [2.24, 2.45) is 0 Å². The molecule has 0 saturated heterocycles. The average Bonchev–Trinajstić information content (AvgIpc) is 2.20. The van der Waals surface area contributed by atoms with Gasteiger partial charge < -0.3 is 5.32 Å². The molecule has 1 aromatic carbocycles. The van der Waals surface area contributed by atoms with E-state index in [1.54, 1.807) is 24.3 Å². The fraction of sp³-hybridized carbons (Fsp3) is 0.231. The molecule has 0 aliphatic heterocycles. The Morgan fingerprint density at radius 2 is 2.06 bits per heavy atom. The molecule has 0 atom stereocenters. The molecular formula is C13H15NO2. The molecule has 3 heteroatoms. The molecule has 0 heterocycles. The van der Waals surface area contributed by atoms with Gasteiger partial charge >= 0.3 is 0 Å². The molecule has 16 heavy (non-hydrogen) atoms. The molecule has 0 spiro atoms. The Balaban J connectivity index is 3.12. The highest BCUT2D eigenvalue weighted by Gasteiger charge is 2.06.